The smallest absolute Gasteiger partial charge is 0.235 e. The van der Waals surface area contributed by atoms with E-state index in [1.807, 2.05) is 13.8 Å². The molecule has 1 amide bonds. The fourth-order valence-electron chi connectivity index (χ4n) is 1.91. The Hall–Kier alpha value is -0.630. The lowest BCUT2D eigenvalue weighted by molar-refractivity contribution is -0.118. The first-order chi connectivity index (χ1) is 10.2. The zero-order valence-electron chi connectivity index (χ0n) is 13.3. The lowest BCUT2D eigenvalue weighted by Crippen LogP contribution is -2.50. The summed E-state index contributed by atoms with van der Waals surface area (Å²) in [5.41, 5.74) is 6.26. The molecule has 0 radical (unpaired) electrons. The molecule has 0 aliphatic rings. The quantitative estimate of drug-likeness (QED) is 0.667. The van der Waals surface area contributed by atoms with Crippen molar-refractivity contribution in [2.45, 2.75) is 38.0 Å². The molecule has 1 aromatic carbocycles. The number of nitrogens with two attached hydrogens (primary N) is 1. The van der Waals surface area contributed by atoms with Crippen molar-refractivity contribution in [3.63, 3.8) is 0 Å². The van der Waals surface area contributed by atoms with Gasteiger partial charge < -0.3 is 11.1 Å². The van der Waals surface area contributed by atoms with Crippen molar-refractivity contribution in [2.24, 2.45) is 5.73 Å². The molecule has 0 aliphatic carbocycles. The highest BCUT2D eigenvalue weighted by molar-refractivity contribution is 9.10. The van der Waals surface area contributed by atoms with E-state index in [2.05, 4.69) is 21.2 Å². The number of hydrogen-bond donors (Lipinski definition) is 2. The van der Waals surface area contributed by atoms with Crippen molar-refractivity contribution >= 4 is 44.1 Å². The van der Waals surface area contributed by atoms with E-state index in [0.717, 1.165) is 17.3 Å². The molecule has 0 spiro atoms. The Labute approximate surface area is 152 Å². The summed E-state index contributed by atoms with van der Waals surface area (Å²) in [5, 5.41) is 2.63. The van der Waals surface area contributed by atoms with E-state index in [4.69, 9.17) is 5.73 Å². The molecule has 0 fully saturated rings. The number of halogens is 2. The minimum Gasteiger partial charge on any atom is -0.353 e. The fraction of sp³-hybridized carbons (Fsp3) is 0.533. The summed E-state index contributed by atoms with van der Waals surface area (Å²) in [6.45, 7) is 4.17. The number of carbonyl (C=O) groups is 1. The zero-order chi connectivity index (χ0) is 16.8. The summed E-state index contributed by atoms with van der Waals surface area (Å²) in [5.74, 6) is -1.18. The van der Waals surface area contributed by atoms with Crippen LogP contribution in [0.1, 0.15) is 32.3 Å². The molecule has 0 heterocycles. The summed E-state index contributed by atoms with van der Waals surface area (Å²) in [7, 11) is -3.50. The van der Waals surface area contributed by atoms with Gasteiger partial charge in [-0.25, -0.2) is 8.42 Å². The van der Waals surface area contributed by atoms with Gasteiger partial charge in [0.05, 0.1) is 5.75 Å². The number of sulfone groups is 1. The maximum Gasteiger partial charge on any atom is 0.235 e. The van der Waals surface area contributed by atoms with Gasteiger partial charge in [-0.2, -0.15) is 0 Å². The molecule has 0 saturated heterocycles. The second-order valence-electron chi connectivity index (χ2n) is 5.50. The molecule has 0 bridgehead atoms. The first-order valence-electron chi connectivity index (χ1n) is 7.20. The van der Waals surface area contributed by atoms with Crippen molar-refractivity contribution in [3.8, 4) is 0 Å². The highest BCUT2D eigenvalue weighted by Gasteiger charge is 2.23. The summed E-state index contributed by atoms with van der Waals surface area (Å²) in [6.07, 6.45) is 1.44. The number of nitrogens with one attached hydrogen (secondary N) is 1. The van der Waals surface area contributed by atoms with E-state index in [9.17, 15) is 13.2 Å². The molecule has 3 N–H and O–H groups in total. The monoisotopic (exact) mass is 426 g/mol. The second-order valence-corrected chi connectivity index (χ2v) is 8.49. The van der Waals surface area contributed by atoms with Crippen LogP contribution in [0.4, 0.5) is 0 Å². The molecule has 23 heavy (non-hydrogen) atoms. The topological polar surface area (TPSA) is 89.3 Å². The van der Waals surface area contributed by atoms with Crippen molar-refractivity contribution in [1.29, 1.82) is 0 Å². The minimum absolute atomic E-state index is 0. The normalized spacial score (nSPS) is 11.7. The Morgan fingerprint density at radius 3 is 2.22 bits per heavy atom. The predicted octanol–water partition coefficient (Wildman–Crippen LogP) is 2.42. The van der Waals surface area contributed by atoms with Gasteiger partial charge in [0.1, 0.15) is 5.75 Å². The highest BCUT2D eigenvalue weighted by Crippen LogP contribution is 2.13. The third-order valence-electron chi connectivity index (χ3n) is 3.70. The van der Waals surface area contributed by atoms with E-state index < -0.39 is 27.0 Å². The third-order valence-corrected chi connectivity index (χ3v) is 5.70. The van der Waals surface area contributed by atoms with Gasteiger partial charge in [-0.15, -0.1) is 12.4 Å². The van der Waals surface area contributed by atoms with E-state index in [-0.39, 0.29) is 24.7 Å². The summed E-state index contributed by atoms with van der Waals surface area (Å²) >= 11 is 3.29. The van der Waals surface area contributed by atoms with Crippen molar-refractivity contribution in [3.05, 3.63) is 34.3 Å². The van der Waals surface area contributed by atoms with Gasteiger partial charge in [0.15, 0.2) is 9.84 Å². The molecule has 0 saturated carbocycles. The Morgan fingerprint density at radius 2 is 1.74 bits per heavy atom. The molecule has 0 unspecified atom stereocenters. The molecule has 1 rings (SSSR count). The Balaban J connectivity index is 0.00000484. The van der Waals surface area contributed by atoms with Crippen LogP contribution in [0.3, 0.4) is 0 Å². The SMILES string of the molecule is CCC(N)(CC)CNC(=O)CS(=O)(=O)Cc1ccc(Br)cc1.Cl. The minimum atomic E-state index is -3.50. The van der Waals surface area contributed by atoms with Crippen LogP contribution in [-0.2, 0) is 20.4 Å². The second kappa shape index (κ2) is 9.61. The standard InChI is InChI=1S/C15H23BrN2O3S.ClH/c1-3-15(17,4-2)11-18-14(19)10-22(20,21)9-12-5-7-13(16)8-6-12;/h5-8H,3-4,9-11,17H2,1-2H3,(H,18,19);1H. The molecular weight excluding hydrogens is 404 g/mol. The average molecular weight is 428 g/mol. The van der Waals surface area contributed by atoms with E-state index in [1.54, 1.807) is 24.3 Å². The Bertz CT molecular complexity index is 602. The fourth-order valence-corrected chi connectivity index (χ4v) is 3.48. The number of carbonyl (C=O) groups excluding carboxylic acids is 1. The van der Waals surface area contributed by atoms with Gasteiger partial charge in [0.2, 0.25) is 5.91 Å². The summed E-state index contributed by atoms with van der Waals surface area (Å²) < 4.78 is 25.0. The van der Waals surface area contributed by atoms with Gasteiger partial charge in [0, 0.05) is 16.6 Å². The van der Waals surface area contributed by atoms with Crippen molar-refractivity contribution in [1.82, 2.24) is 5.32 Å². The lowest BCUT2D eigenvalue weighted by Gasteiger charge is -2.26. The Morgan fingerprint density at radius 1 is 1.22 bits per heavy atom. The van der Waals surface area contributed by atoms with Crippen LogP contribution in [0.2, 0.25) is 0 Å². The van der Waals surface area contributed by atoms with Crippen LogP contribution < -0.4 is 11.1 Å². The first kappa shape index (κ1) is 22.4. The highest BCUT2D eigenvalue weighted by atomic mass is 79.9. The molecule has 0 aliphatic heterocycles. The van der Waals surface area contributed by atoms with Crippen LogP contribution in [0.25, 0.3) is 0 Å². The number of amides is 1. The number of hydrogen-bond acceptors (Lipinski definition) is 4. The van der Waals surface area contributed by atoms with Gasteiger partial charge in [-0.1, -0.05) is 41.9 Å². The maximum atomic E-state index is 12.1. The van der Waals surface area contributed by atoms with Crippen molar-refractivity contribution < 1.29 is 13.2 Å². The van der Waals surface area contributed by atoms with E-state index in [0.29, 0.717) is 5.56 Å². The van der Waals surface area contributed by atoms with Crippen LogP contribution in [0.15, 0.2) is 28.7 Å². The third kappa shape index (κ3) is 8.15. The molecule has 0 atom stereocenters. The van der Waals surface area contributed by atoms with E-state index >= 15 is 0 Å². The molecule has 8 heteroatoms. The predicted molar refractivity (Wildman–Crippen MR) is 99.4 cm³/mol. The van der Waals surface area contributed by atoms with Crippen molar-refractivity contribution in [2.75, 3.05) is 12.3 Å². The first-order valence-corrected chi connectivity index (χ1v) is 9.81. The largest absolute Gasteiger partial charge is 0.353 e. The molecule has 5 nitrogen and oxygen atoms in total. The van der Waals surface area contributed by atoms with E-state index in [1.165, 1.54) is 0 Å². The molecule has 1 aromatic rings. The molecular formula is C15H24BrClN2O3S. The average Bonchev–Trinajstić information content (AvgIpc) is 2.46. The van der Waals surface area contributed by atoms with Gasteiger partial charge >= 0.3 is 0 Å². The van der Waals surface area contributed by atoms with Crippen LogP contribution >= 0.6 is 28.3 Å². The van der Waals surface area contributed by atoms with Crippen LogP contribution in [-0.4, -0.2) is 32.2 Å². The van der Waals surface area contributed by atoms with Gasteiger partial charge in [0.25, 0.3) is 0 Å². The number of benzene rings is 1. The molecule has 132 valence electrons. The van der Waals surface area contributed by atoms with Gasteiger partial charge in [-0.05, 0) is 30.5 Å². The lowest BCUT2D eigenvalue weighted by atomic mass is 9.94. The summed E-state index contributed by atoms with van der Waals surface area (Å²) in [4.78, 5) is 11.8. The maximum absolute atomic E-state index is 12.1. The number of rotatable bonds is 8. The summed E-state index contributed by atoms with van der Waals surface area (Å²) in [6, 6.07) is 6.99. The van der Waals surface area contributed by atoms with Crippen LogP contribution in [0.5, 0.6) is 0 Å². The molecule has 0 aromatic heterocycles. The Kier molecular flexibility index (Phi) is 9.35. The van der Waals surface area contributed by atoms with Gasteiger partial charge in [-0.3, -0.25) is 4.79 Å². The van der Waals surface area contributed by atoms with Crippen LogP contribution in [0, 0.1) is 0 Å². The zero-order valence-corrected chi connectivity index (χ0v) is 16.6.